The number of rotatable bonds is 5. The van der Waals surface area contributed by atoms with E-state index in [1.165, 1.54) is 6.08 Å². The van der Waals surface area contributed by atoms with Crippen LogP contribution in [0.4, 0.5) is 5.69 Å². The SMILES string of the molecule is O=C(COC(=O)C=Cc1ccccc1)Nc1cc(Cl)cc(Cl)c1. The number of carbonyl (C=O) groups excluding carboxylic acids is 2. The third-order valence-electron chi connectivity index (χ3n) is 2.70. The van der Waals surface area contributed by atoms with Gasteiger partial charge in [0.1, 0.15) is 0 Å². The largest absolute Gasteiger partial charge is 0.452 e. The summed E-state index contributed by atoms with van der Waals surface area (Å²) >= 11 is 11.7. The van der Waals surface area contributed by atoms with E-state index >= 15 is 0 Å². The van der Waals surface area contributed by atoms with Crippen molar-refractivity contribution in [3.8, 4) is 0 Å². The average molecular weight is 350 g/mol. The van der Waals surface area contributed by atoms with Crippen molar-refractivity contribution in [1.82, 2.24) is 0 Å². The average Bonchev–Trinajstić information content (AvgIpc) is 2.51. The van der Waals surface area contributed by atoms with Gasteiger partial charge in [0.15, 0.2) is 6.61 Å². The Labute approximate surface area is 143 Å². The minimum absolute atomic E-state index is 0.399. The van der Waals surface area contributed by atoms with Crippen LogP contribution in [0.25, 0.3) is 6.08 Å². The molecule has 0 saturated heterocycles. The zero-order chi connectivity index (χ0) is 16.7. The lowest BCUT2D eigenvalue weighted by Gasteiger charge is -2.06. The summed E-state index contributed by atoms with van der Waals surface area (Å²) in [6.45, 7) is -0.401. The van der Waals surface area contributed by atoms with Gasteiger partial charge in [0.25, 0.3) is 5.91 Å². The number of esters is 1. The second-order valence-corrected chi connectivity index (χ2v) is 5.43. The van der Waals surface area contributed by atoms with E-state index in [1.807, 2.05) is 30.3 Å². The van der Waals surface area contributed by atoms with Crippen LogP contribution in [0.15, 0.2) is 54.6 Å². The highest BCUT2D eigenvalue weighted by Crippen LogP contribution is 2.22. The maximum absolute atomic E-state index is 11.7. The lowest BCUT2D eigenvalue weighted by Crippen LogP contribution is -2.20. The van der Waals surface area contributed by atoms with Gasteiger partial charge in [-0.2, -0.15) is 0 Å². The van der Waals surface area contributed by atoms with Gasteiger partial charge in [0, 0.05) is 21.8 Å². The first kappa shape index (κ1) is 17.1. The predicted molar refractivity (Wildman–Crippen MR) is 91.5 cm³/mol. The molecule has 0 heterocycles. The molecule has 2 rings (SSSR count). The van der Waals surface area contributed by atoms with Gasteiger partial charge in [-0.15, -0.1) is 0 Å². The van der Waals surface area contributed by atoms with Crippen LogP contribution in [0.5, 0.6) is 0 Å². The van der Waals surface area contributed by atoms with Crippen molar-refractivity contribution >= 4 is 46.8 Å². The molecule has 1 N–H and O–H groups in total. The summed E-state index contributed by atoms with van der Waals surface area (Å²) in [5.74, 6) is -1.09. The van der Waals surface area contributed by atoms with Crippen LogP contribution in [-0.2, 0) is 14.3 Å². The Bertz CT molecular complexity index is 710. The van der Waals surface area contributed by atoms with E-state index in [0.29, 0.717) is 15.7 Å². The molecule has 2 aromatic carbocycles. The van der Waals surface area contributed by atoms with E-state index in [4.69, 9.17) is 27.9 Å². The Hall–Kier alpha value is -2.30. The van der Waals surface area contributed by atoms with E-state index < -0.39 is 18.5 Å². The van der Waals surface area contributed by atoms with Crippen molar-refractivity contribution in [3.05, 3.63) is 70.2 Å². The number of amides is 1. The molecule has 2 aromatic rings. The molecule has 6 heteroatoms. The maximum Gasteiger partial charge on any atom is 0.331 e. The van der Waals surface area contributed by atoms with Crippen molar-refractivity contribution < 1.29 is 14.3 Å². The van der Waals surface area contributed by atoms with E-state index in [0.717, 1.165) is 5.56 Å². The lowest BCUT2D eigenvalue weighted by atomic mass is 10.2. The monoisotopic (exact) mass is 349 g/mol. The lowest BCUT2D eigenvalue weighted by molar-refractivity contribution is -0.142. The standard InChI is InChI=1S/C17H13Cl2NO3/c18-13-8-14(19)10-15(9-13)20-16(21)11-23-17(22)7-6-12-4-2-1-3-5-12/h1-10H,11H2,(H,20,21). The topological polar surface area (TPSA) is 55.4 Å². The van der Waals surface area contributed by atoms with Crippen LogP contribution in [-0.4, -0.2) is 18.5 Å². The highest BCUT2D eigenvalue weighted by molar-refractivity contribution is 6.35. The van der Waals surface area contributed by atoms with Gasteiger partial charge in [-0.3, -0.25) is 4.79 Å². The minimum Gasteiger partial charge on any atom is -0.452 e. The van der Waals surface area contributed by atoms with Crippen molar-refractivity contribution in [2.24, 2.45) is 0 Å². The molecule has 0 spiro atoms. The summed E-state index contributed by atoms with van der Waals surface area (Å²) in [5.41, 5.74) is 1.30. The first-order valence-corrected chi connectivity index (χ1v) is 7.44. The summed E-state index contributed by atoms with van der Waals surface area (Å²) in [6, 6.07) is 13.9. The van der Waals surface area contributed by atoms with Crippen LogP contribution in [0.3, 0.4) is 0 Å². The molecule has 0 radical (unpaired) electrons. The molecule has 118 valence electrons. The van der Waals surface area contributed by atoms with Crippen LogP contribution >= 0.6 is 23.2 Å². The molecule has 1 amide bonds. The number of hydrogen-bond acceptors (Lipinski definition) is 3. The fraction of sp³-hybridized carbons (Fsp3) is 0.0588. The number of carbonyl (C=O) groups is 2. The van der Waals surface area contributed by atoms with Crippen molar-refractivity contribution in [2.45, 2.75) is 0 Å². The number of halogens is 2. The van der Waals surface area contributed by atoms with E-state index in [-0.39, 0.29) is 0 Å². The number of ether oxygens (including phenoxy) is 1. The number of nitrogens with one attached hydrogen (secondary N) is 1. The second kappa shape index (κ2) is 8.36. The quantitative estimate of drug-likeness (QED) is 0.650. The van der Waals surface area contributed by atoms with Crippen LogP contribution in [0.2, 0.25) is 10.0 Å². The molecule has 0 fully saturated rings. The summed E-state index contributed by atoms with van der Waals surface area (Å²) in [4.78, 5) is 23.3. The van der Waals surface area contributed by atoms with E-state index in [1.54, 1.807) is 24.3 Å². The van der Waals surface area contributed by atoms with Crippen molar-refractivity contribution in [1.29, 1.82) is 0 Å². The molecule has 4 nitrogen and oxygen atoms in total. The van der Waals surface area contributed by atoms with Gasteiger partial charge in [-0.1, -0.05) is 53.5 Å². The zero-order valence-corrected chi connectivity index (χ0v) is 13.5. The van der Waals surface area contributed by atoms with Gasteiger partial charge in [0.05, 0.1) is 0 Å². The smallest absolute Gasteiger partial charge is 0.331 e. The second-order valence-electron chi connectivity index (χ2n) is 4.56. The molecule has 23 heavy (non-hydrogen) atoms. The predicted octanol–water partition coefficient (Wildman–Crippen LogP) is 4.19. The molecule has 0 aliphatic carbocycles. The third-order valence-corrected chi connectivity index (χ3v) is 3.14. The highest BCUT2D eigenvalue weighted by Gasteiger charge is 2.07. The Balaban J connectivity index is 1.82. The normalized spacial score (nSPS) is 10.5. The van der Waals surface area contributed by atoms with Crippen LogP contribution < -0.4 is 5.32 Å². The summed E-state index contributed by atoms with van der Waals surface area (Å²) < 4.78 is 4.85. The molecule has 0 unspecified atom stereocenters. The van der Waals surface area contributed by atoms with E-state index in [2.05, 4.69) is 5.32 Å². The van der Waals surface area contributed by atoms with Gasteiger partial charge in [-0.25, -0.2) is 4.79 Å². The van der Waals surface area contributed by atoms with Crippen LogP contribution in [0.1, 0.15) is 5.56 Å². The number of anilines is 1. The number of hydrogen-bond donors (Lipinski definition) is 1. The number of benzene rings is 2. The highest BCUT2D eigenvalue weighted by atomic mass is 35.5. The Morgan fingerprint density at radius 3 is 2.35 bits per heavy atom. The molecule has 0 aromatic heterocycles. The van der Waals surface area contributed by atoms with Crippen molar-refractivity contribution in [3.63, 3.8) is 0 Å². The maximum atomic E-state index is 11.7. The molecule has 0 aliphatic rings. The van der Waals surface area contributed by atoms with Gasteiger partial charge in [-0.05, 0) is 29.8 Å². The molecular weight excluding hydrogens is 337 g/mol. The fourth-order valence-corrected chi connectivity index (χ4v) is 2.26. The molecule has 0 aliphatic heterocycles. The Kier molecular flexibility index (Phi) is 6.20. The molecule has 0 bridgehead atoms. The zero-order valence-electron chi connectivity index (χ0n) is 12.0. The van der Waals surface area contributed by atoms with Gasteiger partial charge in [0.2, 0.25) is 0 Å². The Morgan fingerprint density at radius 2 is 1.70 bits per heavy atom. The summed E-state index contributed by atoms with van der Waals surface area (Å²) in [5, 5.41) is 3.34. The van der Waals surface area contributed by atoms with Crippen LogP contribution in [0, 0.1) is 0 Å². The fourth-order valence-electron chi connectivity index (χ4n) is 1.74. The first-order chi connectivity index (χ1) is 11.0. The van der Waals surface area contributed by atoms with Gasteiger partial charge >= 0.3 is 5.97 Å². The minimum atomic E-state index is -0.604. The first-order valence-electron chi connectivity index (χ1n) is 6.69. The van der Waals surface area contributed by atoms with E-state index in [9.17, 15) is 9.59 Å². The Morgan fingerprint density at radius 1 is 1.04 bits per heavy atom. The molecular formula is C17H13Cl2NO3. The van der Waals surface area contributed by atoms with Crippen molar-refractivity contribution in [2.75, 3.05) is 11.9 Å². The summed E-state index contributed by atoms with van der Waals surface area (Å²) in [7, 11) is 0. The third kappa shape index (κ3) is 6.14. The van der Waals surface area contributed by atoms with Gasteiger partial charge < -0.3 is 10.1 Å². The molecule has 0 saturated carbocycles. The molecule has 0 atom stereocenters. The summed E-state index contributed by atoms with van der Waals surface area (Å²) in [6.07, 6.45) is 2.87.